The first kappa shape index (κ1) is 25.1. The molecule has 0 radical (unpaired) electrons. The molecule has 2 amide bonds. The second-order valence-electron chi connectivity index (χ2n) is 10.4. The number of amides is 2. The number of ether oxygens (including phenoxy) is 3. The molecule has 1 saturated heterocycles. The third-order valence-corrected chi connectivity index (χ3v) is 7.28. The highest BCUT2D eigenvalue weighted by atomic mass is 16.5. The number of rotatable bonds is 8. The minimum absolute atomic E-state index is 0.0148. The van der Waals surface area contributed by atoms with Gasteiger partial charge in [-0.15, -0.1) is 0 Å². The fourth-order valence-electron chi connectivity index (χ4n) is 5.24. The van der Waals surface area contributed by atoms with Crippen LogP contribution in [0.15, 0.2) is 48.5 Å². The highest BCUT2D eigenvalue weighted by Gasteiger charge is 2.47. The maximum absolute atomic E-state index is 14.0. The predicted octanol–water partition coefficient (Wildman–Crippen LogP) is 4.15. The van der Waals surface area contributed by atoms with Crippen LogP contribution in [0.5, 0.6) is 11.5 Å². The van der Waals surface area contributed by atoms with Gasteiger partial charge < -0.3 is 29.0 Å². The lowest BCUT2D eigenvalue weighted by atomic mass is 9.93. The summed E-state index contributed by atoms with van der Waals surface area (Å²) in [4.78, 5) is 29.4. The Labute approximate surface area is 217 Å². The van der Waals surface area contributed by atoms with E-state index in [4.69, 9.17) is 14.2 Å². The van der Waals surface area contributed by atoms with Crippen molar-refractivity contribution in [1.82, 2.24) is 14.8 Å². The smallest absolute Gasteiger partial charge is 0.271 e. The number of nitrogens with one attached hydrogen (secondary N) is 1. The molecule has 0 bridgehead atoms. The Morgan fingerprint density at radius 3 is 2.59 bits per heavy atom. The number of carbonyl (C=O) groups is 2. The lowest BCUT2D eigenvalue weighted by Crippen LogP contribution is -2.64. The first-order valence-electron chi connectivity index (χ1n) is 12.9. The zero-order valence-electron chi connectivity index (χ0n) is 22.0. The molecule has 1 aromatic heterocycles. The van der Waals surface area contributed by atoms with E-state index in [2.05, 4.69) is 5.32 Å². The molecule has 5 rings (SSSR count). The fourth-order valence-corrected chi connectivity index (χ4v) is 5.24. The zero-order valence-corrected chi connectivity index (χ0v) is 22.0. The standard InChI is InChI=1S/C29H35N3O5/c1-19(2)37-22-10-7-20(8-11-22)17-32-27(33)26-14-21-9-12-23(35-4)15-25(21)31(26)18-29(32,3)28(34)30-16-24-6-5-13-36-24/h7-12,14-15,19,24H,5-6,13,16-18H2,1-4H3,(H,30,34)/t24-,29+/m0/s1. The highest BCUT2D eigenvalue weighted by Crippen LogP contribution is 2.35. The maximum atomic E-state index is 14.0. The van der Waals surface area contributed by atoms with Gasteiger partial charge in [-0.05, 0) is 69.5 Å². The Balaban J connectivity index is 1.49. The van der Waals surface area contributed by atoms with E-state index in [9.17, 15) is 9.59 Å². The number of carbonyl (C=O) groups excluding carboxylic acids is 2. The first-order valence-corrected chi connectivity index (χ1v) is 12.9. The van der Waals surface area contributed by atoms with Crippen molar-refractivity contribution in [3.63, 3.8) is 0 Å². The summed E-state index contributed by atoms with van der Waals surface area (Å²) in [5.74, 6) is 1.11. The lowest BCUT2D eigenvalue weighted by molar-refractivity contribution is -0.133. The molecule has 3 aromatic rings. The van der Waals surface area contributed by atoms with Gasteiger partial charge in [0, 0.05) is 31.1 Å². The largest absolute Gasteiger partial charge is 0.497 e. The van der Waals surface area contributed by atoms with Gasteiger partial charge in [-0.25, -0.2) is 0 Å². The number of benzene rings is 2. The van der Waals surface area contributed by atoms with E-state index < -0.39 is 5.54 Å². The van der Waals surface area contributed by atoms with Crippen molar-refractivity contribution in [2.24, 2.45) is 0 Å². The average molecular weight is 506 g/mol. The van der Waals surface area contributed by atoms with Gasteiger partial charge in [0.1, 0.15) is 22.7 Å². The van der Waals surface area contributed by atoms with Gasteiger partial charge in [-0.1, -0.05) is 12.1 Å². The summed E-state index contributed by atoms with van der Waals surface area (Å²) in [5, 5.41) is 4.01. The third-order valence-electron chi connectivity index (χ3n) is 7.28. The van der Waals surface area contributed by atoms with Gasteiger partial charge >= 0.3 is 0 Å². The topological polar surface area (TPSA) is 82.0 Å². The Morgan fingerprint density at radius 2 is 1.92 bits per heavy atom. The highest BCUT2D eigenvalue weighted by molar-refractivity contribution is 6.03. The summed E-state index contributed by atoms with van der Waals surface area (Å²) in [7, 11) is 1.62. The molecule has 0 unspecified atom stereocenters. The Hall–Kier alpha value is -3.52. The second-order valence-corrected chi connectivity index (χ2v) is 10.4. The van der Waals surface area contributed by atoms with Gasteiger partial charge in [-0.3, -0.25) is 9.59 Å². The predicted molar refractivity (Wildman–Crippen MR) is 141 cm³/mol. The van der Waals surface area contributed by atoms with Crippen molar-refractivity contribution in [2.75, 3.05) is 20.3 Å². The molecule has 0 saturated carbocycles. The Morgan fingerprint density at radius 1 is 1.16 bits per heavy atom. The normalized spacial score (nSPS) is 21.4. The molecule has 1 fully saturated rings. The van der Waals surface area contributed by atoms with Crippen LogP contribution in [0, 0.1) is 0 Å². The molecule has 2 atom stereocenters. The summed E-state index contributed by atoms with van der Waals surface area (Å²) in [6.45, 7) is 7.60. The van der Waals surface area contributed by atoms with Gasteiger partial charge in [0.15, 0.2) is 0 Å². The van der Waals surface area contributed by atoms with Crippen LogP contribution in [-0.2, 0) is 22.6 Å². The number of methoxy groups -OCH3 is 1. The van der Waals surface area contributed by atoms with E-state index in [1.54, 1.807) is 12.0 Å². The summed E-state index contributed by atoms with van der Waals surface area (Å²) in [6.07, 6.45) is 2.02. The number of hydrogen-bond donors (Lipinski definition) is 1. The number of nitrogens with zero attached hydrogens (tertiary/aromatic N) is 2. The molecule has 3 heterocycles. The molecule has 0 aliphatic carbocycles. The van der Waals surface area contributed by atoms with Crippen LogP contribution in [0.3, 0.4) is 0 Å². The monoisotopic (exact) mass is 505 g/mol. The van der Waals surface area contributed by atoms with Crippen LogP contribution in [0.1, 0.15) is 49.7 Å². The van der Waals surface area contributed by atoms with Crippen LogP contribution in [0.2, 0.25) is 0 Å². The molecule has 2 aliphatic rings. The van der Waals surface area contributed by atoms with Gasteiger partial charge in [0.25, 0.3) is 5.91 Å². The number of fused-ring (bicyclic) bond motifs is 3. The minimum atomic E-state index is -1.11. The summed E-state index contributed by atoms with van der Waals surface area (Å²) < 4.78 is 18.8. The van der Waals surface area contributed by atoms with Gasteiger partial charge in [0.2, 0.25) is 5.91 Å². The molecule has 2 aliphatic heterocycles. The van der Waals surface area contributed by atoms with Gasteiger partial charge in [0.05, 0.1) is 31.4 Å². The summed E-state index contributed by atoms with van der Waals surface area (Å²) in [6, 6.07) is 15.3. The van der Waals surface area contributed by atoms with E-state index in [-0.39, 0.29) is 24.0 Å². The molecule has 8 nitrogen and oxygen atoms in total. The second kappa shape index (κ2) is 10.1. The molecule has 8 heteroatoms. The van der Waals surface area contributed by atoms with Crippen molar-refractivity contribution in [1.29, 1.82) is 0 Å². The van der Waals surface area contributed by atoms with Crippen molar-refractivity contribution in [3.05, 3.63) is 59.8 Å². The SMILES string of the molecule is COc1ccc2cc3n(c2c1)C[C@](C)(C(=O)NC[C@@H]1CCCO1)N(Cc1ccc(OC(C)C)cc1)C3=O. The molecule has 196 valence electrons. The zero-order chi connectivity index (χ0) is 26.2. The van der Waals surface area contributed by atoms with Crippen LogP contribution >= 0.6 is 0 Å². The average Bonchev–Trinajstić information content (AvgIpc) is 3.53. The molecule has 0 spiro atoms. The summed E-state index contributed by atoms with van der Waals surface area (Å²) >= 11 is 0. The number of aromatic nitrogens is 1. The minimum Gasteiger partial charge on any atom is -0.497 e. The first-order chi connectivity index (χ1) is 17.8. The molecular formula is C29H35N3O5. The Kier molecular flexibility index (Phi) is 6.86. The van der Waals surface area contributed by atoms with E-state index in [0.29, 0.717) is 31.1 Å². The van der Waals surface area contributed by atoms with Crippen LogP contribution < -0.4 is 14.8 Å². The molecule has 1 N–H and O–H groups in total. The van der Waals surface area contributed by atoms with E-state index in [0.717, 1.165) is 41.7 Å². The Bertz CT molecular complexity index is 1290. The molecular weight excluding hydrogens is 470 g/mol. The van der Waals surface area contributed by atoms with Crippen molar-refractivity contribution >= 4 is 22.7 Å². The van der Waals surface area contributed by atoms with E-state index in [1.165, 1.54) is 0 Å². The van der Waals surface area contributed by atoms with E-state index in [1.807, 2.05) is 73.9 Å². The quantitative estimate of drug-likeness (QED) is 0.498. The maximum Gasteiger partial charge on any atom is 0.271 e. The van der Waals surface area contributed by atoms with Gasteiger partial charge in [-0.2, -0.15) is 0 Å². The van der Waals surface area contributed by atoms with E-state index >= 15 is 0 Å². The van der Waals surface area contributed by atoms with Crippen LogP contribution in [0.4, 0.5) is 0 Å². The van der Waals surface area contributed by atoms with Crippen LogP contribution in [0.25, 0.3) is 10.9 Å². The van der Waals surface area contributed by atoms with Crippen molar-refractivity contribution in [3.8, 4) is 11.5 Å². The summed E-state index contributed by atoms with van der Waals surface area (Å²) in [5.41, 5.74) is 1.25. The third kappa shape index (κ3) is 4.90. The van der Waals surface area contributed by atoms with Crippen LogP contribution in [-0.4, -0.2) is 59.3 Å². The van der Waals surface area contributed by atoms with Crippen molar-refractivity contribution in [2.45, 2.75) is 64.4 Å². The fraction of sp³-hybridized carbons (Fsp3) is 0.448. The molecule has 37 heavy (non-hydrogen) atoms. The number of hydrogen-bond acceptors (Lipinski definition) is 5. The van der Waals surface area contributed by atoms with Crippen molar-refractivity contribution < 1.29 is 23.8 Å². The molecule has 2 aromatic carbocycles. The lowest BCUT2D eigenvalue weighted by Gasteiger charge is -2.44.